The van der Waals surface area contributed by atoms with Gasteiger partial charge in [-0.2, -0.15) is 0 Å². The lowest BCUT2D eigenvalue weighted by Gasteiger charge is -2.22. The molecule has 1 aromatic carbocycles. The van der Waals surface area contributed by atoms with Crippen molar-refractivity contribution in [3.63, 3.8) is 0 Å². The Morgan fingerprint density at radius 2 is 1.85 bits per heavy atom. The molecule has 1 aliphatic rings. The van der Waals surface area contributed by atoms with Crippen molar-refractivity contribution >= 4 is 15.8 Å². The van der Waals surface area contributed by atoms with Gasteiger partial charge in [-0.25, -0.2) is 8.42 Å². The van der Waals surface area contributed by atoms with Crippen LogP contribution in [0.4, 0.5) is 0 Å². The van der Waals surface area contributed by atoms with Crippen LogP contribution in [0.1, 0.15) is 18.4 Å². The zero-order valence-corrected chi connectivity index (χ0v) is 12.2. The van der Waals surface area contributed by atoms with Crippen LogP contribution in [0.5, 0.6) is 0 Å². The van der Waals surface area contributed by atoms with Crippen molar-refractivity contribution in [1.29, 1.82) is 0 Å². The predicted molar refractivity (Wildman–Crippen MR) is 73.2 cm³/mol. The predicted octanol–water partition coefficient (Wildman–Crippen LogP) is 1.35. The first-order chi connectivity index (χ1) is 9.54. The van der Waals surface area contributed by atoms with Crippen molar-refractivity contribution in [1.82, 2.24) is 0 Å². The second-order valence-electron chi connectivity index (χ2n) is 4.75. The Kier molecular flexibility index (Phi) is 4.77. The number of sulfone groups is 1. The van der Waals surface area contributed by atoms with Gasteiger partial charge in [-0.05, 0) is 30.5 Å². The summed E-state index contributed by atoms with van der Waals surface area (Å²) in [6, 6.07) is 6.43. The van der Waals surface area contributed by atoms with E-state index < -0.39 is 9.84 Å². The molecule has 5 nitrogen and oxygen atoms in total. The van der Waals surface area contributed by atoms with Crippen LogP contribution in [0, 0.1) is 0 Å². The summed E-state index contributed by atoms with van der Waals surface area (Å²) in [5, 5.41) is -0.372. The molecule has 0 amide bonds. The lowest BCUT2D eigenvalue weighted by molar-refractivity contribution is -0.139. The minimum atomic E-state index is -3.31. The molecule has 1 fully saturated rings. The Hall–Kier alpha value is -1.40. The van der Waals surface area contributed by atoms with Gasteiger partial charge in [-0.1, -0.05) is 12.1 Å². The highest BCUT2D eigenvalue weighted by Crippen LogP contribution is 2.23. The van der Waals surface area contributed by atoms with Gasteiger partial charge in [0, 0.05) is 13.2 Å². The maximum Gasteiger partial charge on any atom is 0.309 e. The quantitative estimate of drug-likeness (QED) is 0.785. The van der Waals surface area contributed by atoms with E-state index >= 15 is 0 Å². The third-order valence-electron chi connectivity index (χ3n) is 3.44. The molecule has 1 aromatic rings. The summed E-state index contributed by atoms with van der Waals surface area (Å²) in [5.74, 6) is -0.343. The molecule has 0 radical (unpaired) electrons. The van der Waals surface area contributed by atoms with Gasteiger partial charge < -0.3 is 9.47 Å². The van der Waals surface area contributed by atoms with Gasteiger partial charge in [0.05, 0.1) is 23.7 Å². The molecular weight excluding hydrogens is 280 g/mol. The Morgan fingerprint density at radius 3 is 2.40 bits per heavy atom. The molecule has 0 N–H and O–H groups in total. The molecule has 1 saturated heterocycles. The van der Waals surface area contributed by atoms with Crippen molar-refractivity contribution in [2.75, 3.05) is 20.3 Å². The second-order valence-corrected chi connectivity index (χ2v) is 6.98. The summed E-state index contributed by atoms with van der Waals surface area (Å²) in [5.41, 5.74) is 0.739. The summed E-state index contributed by atoms with van der Waals surface area (Å²) in [4.78, 5) is 11.5. The first-order valence-corrected chi connectivity index (χ1v) is 8.06. The van der Waals surface area contributed by atoms with E-state index in [1.165, 1.54) is 7.11 Å². The van der Waals surface area contributed by atoms with E-state index in [1.54, 1.807) is 24.3 Å². The number of methoxy groups -OCH3 is 1. The minimum Gasteiger partial charge on any atom is -0.469 e. The maximum absolute atomic E-state index is 12.4. The number of hydrogen-bond acceptors (Lipinski definition) is 5. The van der Waals surface area contributed by atoms with Crippen LogP contribution in [0.15, 0.2) is 29.2 Å². The van der Waals surface area contributed by atoms with Crippen LogP contribution in [0.3, 0.4) is 0 Å². The van der Waals surface area contributed by atoms with Crippen LogP contribution in [-0.2, 0) is 30.5 Å². The van der Waals surface area contributed by atoms with Crippen molar-refractivity contribution in [2.45, 2.75) is 29.4 Å². The van der Waals surface area contributed by atoms with Gasteiger partial charge >= 0.3 is 5.97 Å². The monoisotopic (exact) mass is 298 g/mol. The molecular formula is C14H18O5S. The Labute approximate surface area is 118 Å². The smallest absolute Gasteiger partial charge is 0.309 e. The van der Waals surface area contributed by atoms with E-state index in [2.05, 4.69) is 4.74 Å². The van der Waals surface area contributed by atoms with E-state index in [0.29, 0.717) is 31.0 Å². The number of carbonyl (C=O) groups excluding carboxylic acids is 1. The van der Waals surface area contributed by atoms with Gasteiger partial charge in [0.1, 0.15) is 0 Å². The molecule has 0 aliphatic carbocycles. The van der Waals surface area contributed by atoms with Crippen molar-refractivity contribution in [2.24, 2.45) is 0 Å². The topological polar surface area (TPSA) is 69.7 Å². The van der Waals surface area contributed by atoms with E-state index in [4.69, 9.17) is 4.74 Å². The molecule has 0 spiro atoms. The molecule has 6 heteroatoms. The van der Waals surface area contributed by atoms with Crippen molar-refractivity contribution in [3.8, 4) is 0 Å². The summed E-state index contributed by atoms with van der Waals surface area (Å²) in [7, 11) is -1.98. The van der Waals surface area contributed by atoms with Gasteiger partial charge in [-0.3, -0.25) is 4.79 Å². The van der Waals surface area contributed by atoms with E-state index in [-0.39, 0.29) is 17.6 Å². The molecule has 20 heavy (non-hydrogen) atoms. The fourth-order valence-corrected chi connectivity index (χ4v) is 3.93. The molecule has 0 aromatic heterocycles. The maximum atomic E-state index is 12.4. The average molecular weight is 298 g/mol. The fraction of sp³-hybridized carbons (Fsp3) is 0.500. The zero-order valence-electron chi connectivity index (χ0n) is 11.4. The molecule has 0 bridgehead atoms. The number of ether oxygens (including phenoxy) is 2. The molecule has 0 unspecified atom stereocenters. The number of benzene rings is 1. The lowest BCUT2D eigenvalue weighted by atomic mass is 10.1. The van der Waals surface area contributed by atoms with Crippen LogP contribution < -0.4 is 0 Å². The van der Waals surface area contributed by atoms with E-state index in [0.717, 1.165) is 5.56 Å². The largest absolute Gasteiger partial charge is 0.469 e. The molecule has 2 rings (SSSR count). The van der Waals surface area contributed by atoms with E-state index in [1.807, 2.05) is 0 Å². The van der Waals surface area contributed by atoms with Crippen LogP contribution in [0.25, 0.3) is 0 Å². The first-order valence-electron chi connectivity index (χ1n) is 6.51. The van der Waals surface area contributed by atoms with E-state index in [9.17, 15) is 13.2 Å². The molecule has 0 atom stereocenters. The van der Waals surface area contributed by atoms with Gasteiger partial charge in [0.2, 0.25) is 0 Å². The highest BCUT2D eigenvalue weighted by Gasteiger charge is 2.29. The highest BCUT2D eigenvalue weighted by molar-refractivity contribution is 7.92. The Morgan fingerprint density at radius 1 is 1.25 bits per heavy atom. The lowest BCUT2D eigenvalue weighted by Crippen LogP contribution is -2.28. The third-order valence-corrected chi connectivity index (χ3v) is 5.71. The van der Waals surface area contributed by atoms with Gasteiger partial charge in [-0.15, -0.1) is 0 Å². The number of esters is 1. The van der Waals surface area contributed by atoms with Crippen molar-refractivity contribution < 1.29 is 22.7 Å². The Balaban J connectivity index is 2.14. The van der Waals surface area contributed by atoms with Gasteiger partial charge in [0.25, 0.3) is 0 Å². The molecule has 1 heterocycles. The van der Waals surface area contributed by atoms with Crippen LogP contribution >= 0.6 is 0 Å². The average Bonchev–Trinajstić information content (AvgIpc) is 2.48. The van der Waals surface area contributed by atoms with Gasteiger partial charge in [0.15, 0.2) is 9.84 Å². The molecule has 1 aliphatic heterocycles. The zero-order chi connectivity index (χ0) is 14.6. The standard InChI is InChI=1S/C14H18O5S/c1-18-14(15)10-11-2-4-12(5-3-11)20(16,17)13-6-8-19-9-7-13/h2-5,13H,6-10H2,1H3. The molecule has 110 valence electrons. The molecule has 0 saturated carbocycles. The summed E-state index contributed by atoms with van der Waals surface area (Å²) < 4.78 is 34.6. The SMILES string of the molecule is COC(=O)Cc1ccc(S(=O)(=O)C2CCOCC2)cc1. The Bertz CT molecular complexity index is 556. The summed E-state index contributed by atoms with van der Waals surface area (Å²) in [6.45, 7) is 0.981. The normalized spacial score (nSPS) is 16.9. The van der Waals surface area contributed by atoms with Crippen LogP contribution in [-0.4, -0.2) is 40.0 Å². The number of rotatable bonds is 4. The highest BCUT2D eigenvalue weighted by atomic mass is 32.2. The fourth-order valence-electron chi connectivity index (χ4n) is 2.21. The van der Waals surface area contributed by atoms with Crippen molar-refractivity contribution in [3.05, 3.63) is 29.8 Å². The summed E-state index contributed by atoms with van der Waals surface area (Å²) in [6.07, 6.45) is 1.21. The first kappa shape index (κ1) is 15.0. The minimum absolute atomic E-state index is 0.147. The number of hydrogen-bond donors (Lipinski definition) is 0. The van der Waals surface area contributed by atoms with Crippen LogP contribution in [0.2, 0.25) is 0 Å². The summed E-state index contributed by atoms with van der Waals surface area (Å²) >= 11 is 0. The second kappa shape index (κ2) is 6.37. The third kappa shape index (κ3) is 3.37. The number of carbonyl (C=O) groups is 1.